The van der Waals surface area contributed by atoms with Gasteiger partial charge in [-0.25, -0.2) is 9.07 Å². The minimum atomic E-state index is -0.226. The molecule has 0 aliphatic carbocycles. The van der Waals surface area contributed by atoms with Crippen molar-refractivity contribution in [2.75, 3.05) is 19.6 Å². The third-order valence-electron chi connectivity index (χ3n) is 5.15. The van der Waals surface area contributed by atoms with Gasteiger partial charge in [0.05, 0.1) is 11.4 Å². The first kappa shape index (κ1) is 20.6. The Hall–Kier alpha value is -1.72. The summed E-state index contributed by atoms with van der Waals surface area (Å²) in [5.74, 6) is -0.226. The number of nitrogens with one attached hydrogen (secondary N) is 1. The van der Waals surface area contributed by atoms with Gasteiger partial charge in [0.25, 0.3) is 0 Å². The van der Waals surface area contributed by atoms with Crippen LogP contribution in [-0.4, -0.2) is 40.4 Å². The van der Waals surface area contributed by atoms with E-state index in [9.17, 15) is 4.39 Å². The summed E-state index contributed by atoms with van der Waals surface area (Å²) in [7, 11) is 0. The monoisotopic (exact) mass is 360 g/mol. The van der Waals surface area contributed by atoms with Crippen LogP contribution in [0.3, 0.4) is 0 Å². The Labute approximate surface area is 157 Å². The summed E-state index contributed by atoms with van der Waals surface area (Å²) >= 11 is 0. The summed E-state index contributed by atoms with van der Waals surface area (Å²) in [4.78, 5) is 2.47. The predicted molar refractivity (Wildman–Crippen MR) is 106 cm³/mol. The van der Waals surface area contributed by atoms with E-state index in [0.29, 0.717) is 6.04 Å². The van der Waals surface area contributed by atoms with Crippen molar-refractivity contribution in [3.8, 4) is 5.69 Å². The number of hydrogen-bond donors (Lipinski definition) is 1. The zero-order valence-corrected chi connectivity index (χ0v) is 16.8. The first-order chi connectivity index (χ1) is 12.5. The molecular weight excluding hydrogens is 327 g/mol. The smallest absolute Gasteiger partial charge is 0.123 e. The van der Waals surface area contributed by atoms with E-state index in [1.54, 1.807) is 12.1 Å². The maximum absolute atomic E-state index is 13.2. The van der Waals surface area contributed by atoms with Crippen molar-refractivity contribution in [3.05, 3.63) is 47.0 Å². The predicted octanol–water partition coefficient (Wildman–Crippen LogP) is 4.23. The molecule has 1 heterocycles. The van der Waals surface area contributed by atoms with Gasteiger partial charge >= 0.3 is 0 Å². The molecule has 1 atom stereocenters. The second-order valence-electron chi connectivity index (χ2n) is 6.99. The van der Waals surface area contributed by atoms with Gasteiger partial charge in [0.15, 0.2) is 0 Å². The Kier molecular flexibility index (Phi) is 7.79. The largest absolute Gasteiger partial charge is 0.310 e. The van der Waals surface area contributed by atoms with Crippen LogP contribution in [0.15, 0.2) is 24.3 Å². The molecule has 0 radical (unpaired) electrons. The van der Waals surface area contributed by atoms with Gasteiger partial charge in [0, 0.05) is 23.8 Å². The van der Waals surface area contributed by atoms with E-state index in [2.05, 4.69) is 43.0 Å². The molecule has 0 amide bonds. The van der Waals surface area contributed by atoms with E-state index >= 15 is 0 Å². The Morgan fingerprint density at radius 3 is 2.42 bits per heavy atom. The van der Waals surface area contributed by atoms with Gasteiger partial charge in [-0.15, -0.1) is 0 Å². The topological polar surface area (TPSA) is 33.1 Å². The minimum absolute atomic E-state index is 0.226. The average molecular weight is 361 g/mol. The molecule has 0 aliphatic rings. The zero-order valence-electron chi connectivity index (χ0n) is 16.8. The van der Waals surface area contributed by atoms with E-state index in [1.165, 1.54) is 37.1 Å². The van der Waals surface area contributed by atoms with Gasteiger partial charge in [0.1, 0.15) is 5.82 Å². The van der Waals surface area contributed by atoms with Crippen molar-refractivity contribution in [2.45, 2.75) is 60.0 Å². The van der Waals surface area contributed by atoms with Crippen LogP contribution in [0.25, 0.3) is 5.69 Å². The number of aryl methyl sites for hydroxylation is 1. The van der Waals surface area contributed by atoms with Crippen LogP contribution in [0.1, 0.15) is 50.6 Å². The van der Waals surface area contributed by atoms with Crippen molar-refractivity contribution >= 4 is 0 Å². The van der Waals surface area contributed by atoms with E-state index in [4.69, 9.17) is 0 Å². The Balaban J connectivity index is 1.92. The van der Waals surface area contributed by atoms with E-state index in [-0.39, 0.29) is 5.82 Å². The normalized spacial score (nSPS) is 12.7. The highest BCUT2D eigenvalue weighted by Crippen LogP contribution is 2.18. The van der Waals surface area contributed by atoms with E-state index in [0.717, 1.165) is 36.7 Å². The zero-order chi connectivity index (χ0) is 19.1. The molecule has 1 aromatic carbocycles. The molecule has 144 valence electrons. The SMILES string of the molecule is CCN(CC)CCCC(C)NCc1c(C)nn(-c2ccc(F)cc2)c1C. The second kappa shape index (κ2) is 9.83. The van der Waals surface area contributed by atoms with Gasteiger partial charge in [-0.3, -0.25) is 0 Å². The fraction of sp³-hybridized carbons (Fsp3) is 0.571. The van der Waals surface area contributed by atoms with Gasteiger partial charge in [-0.2, -0.15) is 5.10 Å². The number of hydrogen-bond acceptors (Lipinski definition) is 3. The molecule has 4 nitrogen and oxygen atoms in total. The molecule has 2 aromatic rings. The number of nitrogens with zero attached hydrogens (tertiary/aromatic N) is 3. The Bertz CT molecular complexity index is 674. The first-order valence-corrected chi connectivity index (χ1v) is 9.73. The molecule has 0 fully saturated rings. The molecular formula is C21H33FN4. The highest BCUT2D eigenvalue weighted by molar-refractivity contribution is 5.37. The molecule has 2 rings (SSSR count). The summed E-state index contributed by atoms with van der Waals surface area (Å²) in [6.07, 6.45) is 2.38. The molecule has 0 bridgehead atoms. The lowest BCUT2D eigenvalue weighted by Gasteiger charge is -2.20. The number of benzene rings is 1. The number of halogens is 1. The van der Waals surface area contributed by atoms with E-state index < -0.39 is 0 Å². The van der Waals surface area contributed by atoms with Crippen LogP contribution < -0.4 is 5.32 Å². The maximum Gasteiger partial charge on any atom is 0.123 e. The maximum atomic E-state index is 13.2. The molecule has 0 spiro atoms. The van der Waals surface area contributed by atoms with Crippen molar-refractivity contribution in [2.24, 2.45) is 0 Å². The Morgan fingerprint density at radius 1 is 1.15 bits per heavy atom. The van der Waals surface area contributed by atoms with Crippen LogP contribution in [-0.2, 0) is 6.54 Å². The summed E-state index contributed by atoms with van der Waals surface area (Å²) in [5, 5.41) is 8.28. The minimum Gasteiger partial charge on any atom is -0.310 e. The molecule has 26 heavy (non-hydrogen) atoms. The lowest BCUT2D eigenvalue weighted by molar-refractivity contribution is 0.290. The quantitative estimate of drug-likeness (QED) is 0.688. The van der Waals surface area contributed by atoms with Crippen LogP contribution in [0, 0.1) is 19.7 Å². The fourth-order valence-corrected chi connectivity index (χ4v) is 3.30. The lowest BCUT2D eigenvalue weighted by atomic mass is 10.1. The summed E-state index contributed by atoms with van der Waals surface area (Å²) in [6.45, 7) is 15.0. The fourth-order valence-electron chi connectivity index (χ4n) is 3.30. The summed E-state index contributed by atoms with van der Waals surface area (Å²) in [6, 6.07) is 6.95. The molecule has 1 unspecified atom stereocenters. The second-order valence-corrected chi connectivity index (χ2v) is 6.99. The molecule has 0 saturated carbocycles. The van der Waals surface area contributed by atoms with Crippen molar-refractivity contribution in [1.82, 2.24) is 20.0 Å². The van der Waals surface area contributed by atoms with Crippen molar-refractivity contribution in [3.63, 3.8) is 0 Å². The molecule has 0 aliphatic heterocycles. The highest BCUT2D eigenvalue weighted by atomic mass is 19.1. The van der Waals surface area contributed by atoms with Crippen LogP contribution >= 0.6 is 0 Å². The van der Waals surface area contributed by atoms with Gasteiger partial charge < -0.3 is 10.2 Å². The summed E-state index contributed by atoms with van der Waals surface area (Å²) in [5.41, 5.74) is 4.25. The third kappa shape index (κ3) is 5.39. The van der Waals surface area contributed by atoms with Crippen molar-refractivity contribution in [1.29, 1.82) is 0 Å². The van der Waals surface area contributed by atoms with E-state index in [1.807, 2.05) is 11.6 Å². The van der Waals surface area contributed by atoms with Gasteiger partial charge in [0.2, 0.25) is 0 Å². The number of aromatic nitrogens is 2. The molecule has 5 heteroatoms. The van der Waals surface area contributed by atoms with Gasteiger partial charge in [-0.1, -0.05) is 13.8 Å². The molecule has 0 saturated heterocycles. The Morgan fingerprint density at radius 2 is 1.81 bits per heavy atom. The van der Waals surface area contributed by atoms with Crippen LogP contribution in [0.2, 0.25) is 0 Å². The lowest BCUT2D eigenvalue weighted by Crippen LogP contribution is -2.29. The van der Waals surface area contributed by atoms with Crippen LogP contribution in [0.4, 0.5) is 4.39 Å². The molecule has 1 aromatic heterocycles. The summed E-state index contributed by atoms with van der Waals surface area (Å²) < 4.78 is 15.1. The standard InChI is InChI=1S/C21H33FN4/c1-6-25(7-2)14-8-9-16(3)23-15-21-17(4)24-26(18(21)5)20-12-10-19(22)11-13-20/h10-13,16,23H,6-9,14-15H2,1-5H3. The molecule has 1 N–H and O–H groups in total. The van der Waals surface area contributed by atoms with Crippen molar-refractivity contribution < 1.29 is 4.39 Å². The van der Waals surface area contributed by atoms with Crippen LogP contribution in [0.5, 0.6) is 0 Å². The first-order valence-electron chi connectivity index (χ1n) is 9.73. The van der Waals surface area contributed by atoms with Gasteiger partial charge in [-0.05, 0) is 77.5 Å². The highest BCUT2D eigenvalue weighted by Gasteiger charge is 2.14. The third-order valence-corrected chi connectivity index (χ3v) is 5.15. The number of rotatable bonds is 10. The average Bonchev–Trinajstić information content (AvgIpc) is 2.91.